The summed E-state index contributed by atoms with van der Waals surface area (Å²) in [5.41, 5.74) is -2.36. The van der Waals surface area contributed by atoms with Gasteiger partial charge in [0.2, 0.25) is 9.84 Å². The van der Waals surface area contributed by atoms with Crippen molar-refractivity contribution in [2.45, 2.75) is 46.3 Å². The van der Waals surface area contributed by atoms with E-state index in [1.807, 2.05) is 0 Å². The lowest BCUT2D eigenvalue weighted by Gasteiger charge is -2.27. The summed E-state index contributed by atoms with van der Waals surface area (Å²) in [4.78, 5) is 51.2. The summed E-state index contributed by atoms with van der Waals surface area (Å²) < 4.78 is 98.9. The number of hydrogen-bond acceptors (Lipinski definition) is 11. The molecular weight excluding hydrogens is 829 g/mol. The summed E-state index contributed by atoms with van der Waals surface area (Å²) in [7, 11) is -14.7. The fourth-order valence-corrected chi connectivity index (χ4v) is 10.1. The van der Waals surface area contributed by atoms with Crippen LogP contribution < -0.4 is 10.9 Å². The Balaban J connectivity index is 1.68. The number of hydrogen-bond donors (Lipinski definition) is 5. The lowest BCUT2D eigenvalue weighted by Crippen LogP contribution is -2.29. The van der Waals surface area contributed by atoms with E-state index in [-0.39, 0.29) is 62.3 Å². The van der Waals surface area contributed by atoms with Crippen molar-refractivity contribution >= 4 is 70.1 Å². The molecule has 5 aromatic carbocycles. The van der Waals surface area contributed by atoms with Crippen LogP contribution in [0.25, 0.3) is 27.7 Å². The number of pyridine rings is 1. The zero-order chi connectivity index (χ0) is 42.9. The Bertz CT molecular complexity index is 3260. The smallest absolute Gasteiger partial charge is 0.336 e. The molecule has 0 saturated carbocycles. The number of carbonyl (C=O) groups excluding carboxylic acids is 1. The first-order valence-corrected chi connectivity index (χ1v) is 21.8. The Labute approximate surface area is 335 Å². The van der Waals surface area contributed by atoms with E-state index in [1.54, 1.807) is 13.8 Å². The number of sulfone groups is 1. The molecule has 0 aliphatic heterocycles. The molecule has 59 heavy (non-hydrogen) atoms. The Morgan fingerprint density at radius 2 is 1.24 bits per heavy atom. The minimum absolute atomic E-state index is 0.00522. The first-order valence-electron chi connectivity index (χ1n) is 17.4. The number of ketones is 1. The predicted molar refractivity (Wildman–Crippen MR) is 212 cm³/mol. The number of nitrogens with zero attached hydrogens (tertiary/aromatic N) is 1. The zero-order valence-corrected chi connectivity index (χ0v) is 33.1. The molecule has 5 N–H and O–H groups in total. The maximum absolute atomic E-state index is 15.0. The Hall–Kier alpha value is -6.51. The second-order valence-electron chi connectivity index (χ2n) is 13.3. The summed E-state index contributed by atoms with van der Waals surface area (Å²) in [6, 6.07) is 17.5. The monoisotopic (exact) mass is 858 g/mol. The molecule has 1 aromatic heterocycles. The van der Waals surface area contributed by atoms with E-state index < -0.39 is 79.2 Å². The van der Waals surface area contributed by atoms with Crippen LogP contribution in [0.2, 0.25) is 0 Å². The minimum Gasteiger partial charge on any atom is -0.478 e. The molecule has 6 aromatic rings. The summed E-state index contributed by atoms with van der Waals surface area (Å²) in [6.45, 7) is 3.46. The van der Waals surface area contributed by atoms with Crippen molar-refractivity contribution in [1.82, 2.24) is 4.57 Å². The van der Waals surface area contributed by atoms with Gasteiger partial charge < -0.3 is 15.5 Å². The molecule has 19 heteroatoms. The van der Waals surface area contributed by atoms with Crippen molar-refractivity contribution < 1.29 is 59.0 Å². The molecule has 1 heterocycles. The van der Waals surface area contributed by atoms with Gasteiger partial charge in [-0.3, -0.25) is 23.3 Å². The van der Waals surface area contributed by atoms with Crippen LogP contribution >= 0.6 is 0 Å². The highest BCUT2D eigenvalue weighted by Gasteiger charge is 2.38. The number of aryl methyl sites for hydroxylation is 2. The average Bonchev–Trinajstić information content (AvgIpc) is 3.18. The standard InChI is InChI=1S/C40H30N2O14S3/c1-3-20-16-25(59(54,55)56)17-21(4-2)35(20)41-30-14-15-31-34-32(26-10-5-6-11-27(26)36(43)33(30)34)37(57(49,50)23-8-7-9-24(19-23)58(51,52)53)38(44)42(31)22-12-13-28(39(45)46)29(18-22)40(47)48/h5-19,41H,3-4H2,1-2H3,(H,45,46)(H,47,48)(H,51,52,53)(H,54,55,56). The molecule has 0 unspecified atom stereocenters. The van der Waals surface area contributed by atoms with Crippen LogP contribution in [0.1, 0.15) is 61.6 Å². The third kappa shape index (κ3) is 6.77. The van der Waals surface area contributed by atoms with Crippen molar-refractivity contribution in [2.75, 3.05) is 5.32 Å². The van der Waals surface area contributed by atoms with E-state index in [4.69, 9.17) is 0 Å². The molecule has 302 valence electrons. The van der Waals surface area contributed by atoms with Gasteiger partial charge in [-0.15, -0.1) is 0 Å². The van der Waals surface area contributed by atoms with Crippen LogP contribution in [-0.2, 0) is 42.9 Å². The molecule has 7 rings (SSSR count). The third-order valence-electron chi connectivity index (χ3n) is 9.97. The molecule has 1 aliphatic rings. The number of benzene rings is 5. The zero-order valence-electron chi connectivity index (χ0n) is 30.6. The van der Waals surface area contributed by atoms with Crippen LogP contribution in [0.4, 0.5) is 11.4 Å². The summed E-state index contributed by atoms with van der Waals surface area (Å²) >= 11 is 0. The Morgan fingerprint density at radius 1 is 0.644 bits per heavy atom. The van der Waals surface area contributed by atoms with Gasteiger partial charge in [0.15, 0.2) is 5.78 Å². The average molecular weight is 859 g/mol. The van der Waals surface area contributed by atoms with Gasteiger partial charge in [0, 0.05) is 22.2 Å². The maximum atomic E-state index is 15.0. The first kappa shape index (κ1) is 40.7. The fourth-order valence-electron chi connectivity index (χ4n) is 7.29. The Morgan fingerprint density at radius 3 is 1.81 bits per heavy atom. The van der Waals surface area contributed by atoms with Gasteiger partial charge in [-0.05, 0) is 90.2 Å². The van der Waals surface area contributed by atoms with Crippen LogP contribution in [0.5, 0.6) is 0 Å². The van der Waals surface area contributed by atoms with Gasteiger partial charge in [-0.2, -0.15) is 16.8 Å². The van der Waals surface area contributed by atoms with E-state index in [2.05, 4.69) is 5.32 Å². The van der Waals surface area contributed by atoms with Gasteiger partial charge in [0.05, 0.1) is 48.3 Å². The van der Waals surface area contributed by atoms with Crippen molar-refractivity contribution in [2.24, 2.45) is 0 Å². The SMILES string of the molecule is CCc1cc(S(=O)(=O)O)cc(CC)c1Nc1ccc2c3c1C(=O)c1ccccc1-c3c(S(=O)(=O)c1cccc(S(=O)(=O)O)c1)c(=O)n2-c1ccc(C(=O)O)c(C(=O)O)c1. The Kier molecular flexibility index (Phi) is 9.92. The highest BCUT2D eigenvalue weighted by atomic mass is 32.2. The largest absolute Gasteiger partial charge is 0.478 e. The first-order chi connectivity index (χ1) is 27.7. The second kappa shape index (κ2) is 14.4. The number of aromatic nitrogens is 1. The summed E-state index contributed by atoms with van der Waals surface area (Å²) in [6.07, 6.45) is 0.485. The molecule has 16 nitrogen and oxygen atoms in total. The number of aromatic carboxylic acids is 2. The number of carbonyl (C=O) groups is 3. The van der Waals surface area contributed by atoms with Crippen molar-refractivity contribution in [1.29, 1.82) is 0 Å². The van der Waals surface area contributed by atoms with E-state index in [9.17, 15) is 59.0 Å². The minimum atomic E-state index is -5.15. The molecule has 0 amide bonds. The number of rotatable bonds is 11. The molecule has 0 saturated heterocycles. The van der Waals surface area contributed by atoms with Crippen molar-refractivity contribution in [3.63, 3.8) is 0 Å². The van der Waals surface area contributed by atoms with Crippen LogP contribution in [0, 0.1) is 0 Å². The quantitative estimate of drug-likeness (QED) is 0.0963. The molecule has 0 spiro atoms. The van der Waals surface area contributed by atoms with Crippen LogP contribution in [0.15, 0.2) is 115 Å². The lowest BCUT2D eigenvalue weighted by molar-refractivity contribution is 0.0651. The number of nitrogens with one attached hydrogen (secondary N) is 1. The van der Waals surface area contributed by atoms with E-state index >= 15 is 4.79 Å². The predicted octanol–water partition coefficient (Wildman–Crippen LogP) is 5.79. The number of carboxylic acid groups (broad SMARTS) is 2. The van der Waals surface area contributed by atoms with E-state index in [0.717, 1.165) is 41.0 Å². The summed E-state index contributed by atoms with van der Waals surface area (Å²) in [5.74, 6) is -3.95. The van der Waals surface area contributed by atoms with Crippen molar-refractivity contribution in [3.05, 3.63) is 135 Å². The van der Waals surface area contributed by atoms with Gasteiger partial charge in [0.1, 0.15) is 4.90 Å². The maximum Gasteiger partial charge on any atom is 0.336 e. The van der Waals surface area contributed by atoms with E-state index in [1.165, 1.54) is 48.5 Å². The van der Waals surface area contributed by atoms with Crippen molar-refractivity contribution in [3.8, 4) is 16.8 Å². The normalized spacial score (nSPS) is 12.6. The molecular formula is C40H30N2O14S3. The topological polar surface area (TPSA) is 269 Å². The van der Waals surface area contributed by atoms with Gasteiger partial charge in [-0.25, -0.2) is 18.0 Å². The molecule has 0 fully saturated rings. The highest BCUT2D eigenvalue weighted by Crippen LogP contribution is 2.47. The molecule has 0 atom stereocenters. The van der Waals surface area contributed by atoms with E-state index in [0.29, 0.717) is 22.9 Å². The fraction of sp³-hybridized carbons (Fsp3) is 0.100. The molecule has 0 radical (unpaired) electrons. The van der Waals surface area contributed by atoms with Gasteiger partial charge >= 0.3 is 11.9 Å². The molecule has 0 bridgehead atoms. The van der Waals surface area contributed by atoms with Gasteiger partial charge in [0.25, 0.3) is 25.8 Å². The summed E-state index contributed by atoms with van der Waals surface area (Å²) in [5, 5.41) is 22.8. The number of carboxylic acids is 2. The lowest BCUT2D eigenvalue weighted by atomic mass is 9.83. The second-order valence-corrected chi connectivity index (χ2v) is 18.0. The molecule has 1 aliphatic carbocycles. The third-order valence-corrected chi connectivity index (χ3v) is 13.4. The van der Waals surface area contributed by atoms with Gasteiger partial charge in [-0.1, -0.05) is 44.2 Å². The number of anilines is 2. The van der Waals surface area contributed by atoms with Crippen LogP contribution in [0.3, 0.4) is 0 Å². The number of fused-ring (bicyclic) bond motifs is 2. The highest BCUT2D eigenvalue weighted by molar-refractivity contribution is 7.91. The van der Waals surface area contributed by atoms with Crippen LogP contribution in [-0.4, -0.2) is 66.9 Å².